The number of carbonyl (C=O) groups is 1. The molecule has 1 saturated heterocycles. The number of rotatable bonds is 2. The minimum atomic E-state index is -0.317. The van der Waals surface area contributed by atoms with Gasteiger partial charge in [0.1, 0.15) is 6.54 Å². The van der Waals surface area contributed by atoms with E-state index >= 15 is 0 Å². The van der Waals surface area contributed by atoms with Gasteiger partial charge in [-0.1, -0.05) is 0 Å². The summed E-state index contributed by atoms with van der Waals surface area (Å²) in [5.74, 6) is -0.212. The second-order valence-electron chi connectivity index (χ2n) is 3.58. The Kier molecular flexibility index (Phi) is 3.01. The van der Waals surface area contributed by atoms with Gasteiger partial charge in [0.15, 0.2) is 5.60 Å². The number of carbonyl (C=O) groups excluding carboxylic acids is 1. The van der Waals surface area contributed by atoms with Crippen molar-refractivity contribution in [3.63, 3.8) is 0 Å². The van der Waals surface area contributed by atoms with E-state index in [0.29, 0.717) is 0 Å². The monoisotopic (exact) mass is 190 g/mol. The molecule has 1 fully saturated rings. The summed E-state index contributed by atoms with van der Waals surface area (Å²) in [6, 6.07) is 0. The van der Waals surface area contributed by atoms with Crippen LogP contribution in [0, 0.1) is 0 Å². The summed E-state index contributed by atoms with van der Waals surface area (Å²) in [6.07, 6.45) is 0.944. The van der Waals surface area contributed by atoms with Crippen molar-refractivity contribution in [2.24, 2.45) is 0 Å². The van der Waals surface area contributed by atoms with E-state index in [9.17, 15) is 4.79 Å². The fourth-order valence-corrected chi connectivity index (χ4v) is 1.39. The Morgan fingerprint density at radius 3 is 2.83 bits per heavy atom. The highest BCUT2D eigenvalue weighted by Crippen LogP contribution is 2.16. The maximum absolute atomic E-state index is 11.2. The molecule has 1 aliphatic rings. The van der Waals surface area contributed by atoms with Crippen molar-refractivity contribution in [3.05, 3.63) is 0 Å². The Balaban J connectivity index is 2.44. The van der Waals surface area contributed by atoms with Gasteiger partial charge < -0.3 is 10.1 Å². The summed E-state index contributed by atoms with van der Waals surface area (Å²) in [6.45, 7) is 5.63. The summed E-state index contributed by atoms with van der Waals surface area (Å²) in [5.41, 5.74) is -0.256. The fraction of sp³-hybridized carbons (Fsp3) is 0.875. The van der Waals surface area contributed by atoms with Crippen molar-refractivity contribution >= 4 is 18.6 Å². The lowest BCUT2D eigenvalue weighted by molar-refractivity contribution is -0.640. The highest BCUT2D eigenvalue weighted by atomic mass is 32.1. The van der Waals surface area contributed by atoms with E-state index in [1.165, 1.54) is 0 Å². The van der Waals surface area contributed by atoms with Crippen molar-refractivity contribution in [2.75, 3.05) is 13.1 Å². The Morgan fingerprint density at radius 1 is 1.75 bits per heavy atom. The molecule has 1 aliphatic heterocycles. The quantitative estimate of drug-likeness (QED) is 0.458. The van der Waals surface area contributed by atoms with E-state index in [-0.39, 0.29) is 16.8 Å². The smallest absolute Gasteiger partial charge is 0.319 e. The van der Waals surface area contributed by atoms with Gasteiger partial charge in [-0.15, -0.1) is 0 Å². The van der Waals surface area contributed by atoms with E-state index in [1.807, 2.05) is 6.92 Å². The SMILES string of the molecule is CC(S)C(=O)OC1(C)CC[NH2+]C1. The first-order valence-corrected chi connectivity index (χ1v) is 4.78. The van der Waals surface area contributed by atoms with Gasteiger partial charge in [0, 0.05) is 6.42 Å². The van der Waals surface area contributed by atoms with Gasteiger partial charge in [-0.05, 0) is 13.8 Å². The molecule has 0 saturated carbocycles. The molecule has 1 rings (SSSR count). The van der Waals surface area contributed by atoms with E-state index in [0.717, 1.165) is 19.5 Å². The van der Waals surface area contributed by atoms with Crippen LogP contribution in [0.1, 0.15) is 20.3 Å². The summed E-state index contributed by atoms with van der Waals surface area (Å²) in [4.78, 5) is 11.2. The molecule has 2 atom stereocenters. The Morgan fingerprint density at radius 2 is 2.42 bits per heavy atom. The second kappa shape index (κ2) is 3.66. The molecule has 0 aromatic carbocycles. The topological polar surface area (TPSA) is 42.9 Å². The Hall–Kier alpha value is -0.220. The lowest BCUT2D eigenvalue weighted by Gasteiger charge is -2.21. The van der Waals surface area contributed by atoms with Crippen LogP contribution in [-0.2, 0) is 9.53 Å². The zero-order chi connectivity index (χ0) is 9.19. The molecule has 0 aromatic heterocycles. The van der Waals surface area contributed by atoms with Crippen molar-refractivity contribution in [3.8, 4) is 0 Å². The van der Waals surface area contributed by atoms with Gasteiger partial charge >= 0.3 is 5.97 Å². The zero-order valence-electron chi connectivity index (χ0n) is 7.54. The summed E-state index contributed by atoms with van der Waals surface area (Å²) in [7, 11) is 0. The lowest BCUT2D eigenvalue weighted by atomic mass is 10.1. The molecule has 0 bridgehead atoms. The predicted molar refractivity (Wildman–Crippen MR) is 49.2 cm³/mol. The molecule has 0 aliphatic carbocycles. The van der Waals surface area contributed by atoms with Crippen LogP contribution < -0.4 is 5.32 Å². The van der Waals surface area contributed by atoms with Crippen molar-refractivity contribution in [1.82, 2.24) is 0 Å². The maximum atomic E-state index is 11.2. The average Bonchev–Trinajstić information content (AvgIpc) is 2.35. The molecule has 0 aromatic rings. The minimum Gasteiger partial charge on any atom is -0.452 e. The summed E-state index contributed by atoms with van der Waals surface area (Å²) in [5, 5.41) is 1.85. The van der Waals surface area contributed by atoms with Gasteiger partial charge in [0.25, 0.3) is 0 Å². The molecule has 2 unspecified atom stereocenters. The van der Waals surface area contributed by atoms with Gasteiger partial charge in [0.2, 0.25) is 0 Å². The average molecular weight is 190 g/mol. The van der Waals surface area contributed by atoms with E-state index in [4.69, 9.17) is 4.74 Å². The molecule has 0 spiro atoms. The van der Waals surface area contributed by atoms with Crippen LogP contribution in [0.15, 0.2) is 0 Å². The number of esters is 1. The number of nitrogens with two attached hydrogens (primary N) is 1. The highest BCUT2D eigenvalue weighted by Gasteiger charge is 2.36. The third kappa shape index (κ3) is 2.38. The Labute approximate surface area is 78.3 Å². The van der Waals surface area contributed by atoms with Gasteiger partial charge in [0.05, 0.1) is 11.8 Å². The number of ether oxygens (including phenoxy) is 1. The highest BCUT2D eigenvalue weighted by molar-refractivity contribution is 7.81. The van der Waals surface area contributed by atoms with Gasteiger partial charge in [-0.25, -0.2) is 0 Å². The standard InChI is InChI=1S/C8H15NO2S/c1-6(12)7(10)11-8(2)3-4-9-5-8/h6,9,12H,3-5H2,1-2H3/p+1. The first kappa shape index (κ1) is 9.86. The molecule has 1 heterocycles. The Bertz CT molecular complexity index is 176. The normalized spacial score (nSPS) is 31.6. The molecule has 0 amide bonds. The third-order valence-corrected chi connectivity index (χ3v) is 2.35. The van der Waals surface area contributed by atoms with Crippen LogP contribution in [0.4, 0.5) is 0 Å². The molecule has 12 heavy (non-hydrogen) atoms. The number of hydrogen-bond donors (Lipinski definition) is 2. The van der Waals surface area contributed by atoms with E-state index in [2.05, 4.69) is 17.9 Å². The van der Waals surface area contributed by atoms with Crippen LogP contribution in [0.25, 0.3) is 0 Å². The summed E-state index contributed by atoms with van der Waals surface area (Å²) < 4.78 is 5.31. The van der Waals surface area contributed by atoms with Crippen LogP contribution in [0.5, 0.6) is 0 Å². The number of hydrogen-bond acceptors (Lipinski definition) is 3. The zero-order valence-corrected chi connectivity index (χ0v) is 8.43. The molecule has 0 radical (unpaired) electrons. The second-order valence-corrected chi connectivity index (χ2v) is 4.35. The van der Waals surface area contributed by atoms with E-state index < -0.39 is 0 Å². The van der Waals surface area contributed by atoms with Crippen LogP contribution in [0.2, 0.25) is 0 Å². The van der Waals surface area contributed by atoms with Crippen LogP contribution in [-0.4, -0.2) is 29.9 Å². The predicted octanol–water partition coefficient (Wildman–Crippen LogP) is -0.426. The molecule has 2 N–H and O–H groups in total. The third-order valence-electron chi connectivity index (χ3n) is 2.14. The molecule has 4 heteroatoms. The first-order valence-electron chi connectivity index (χ1n) is 4.26. The first-order chi connectivity index (χ1) is 5.53. The van der Waals surface area contributed by atoms with Crippen molar-refractivity contribution < 1.29 is 14.8 Å². The van der Waals surface area contributed by atoms with Gasteiger partial charge in [-0.2, -0.15) is 12.6 Å². The van der Waals surface area contributed by atoms with Crippen LogP contribution >= 0.6 is 12.6 Å². The van der Waals surface area contributed by atoms with Gasteiger partial charge in [-0.3, -0.25) is 4.79 Å². The van der Waals surface area contributed by atoms with Crippen molar-refractivity contribution in [2.45, 2.75) is 31.1 Å². The minimum absolute atomic E-state index is 0.212. The molecule has 70 valence electrons. The summed E-state index contributed by atoms with van der Waals surface area (Å²) >= 11 is 4.02. The molecular formula is C8H16NO2S+. The fourth-order valence-electron chi connectivity index (χ4n) is 1.34. The number of quaternary nitrogens is 1. The molecular weight excluding hydrogens is 174 g/mol. The van der Waals surface area contributed by atoms with Crippen molar-refractivity contribution in [1.29, 1.82) is 0 Å². The van der Waals surface area contributed by atoms with E-state index in [1.54, 1.807) is 6.92 Å². The largest absolute Gasteiger partial charge is 0.452 e. The lowest BCUT2D eigenvalue weighted by Crippen LogP contribution is -2.82. The molecule has 3 nitrogen and oxygen atoms in total. The maximum Gasteiger partial charge on any atom is 0.319 e. The van der Waals surface area contributed by atoms with Crippen LogP contribution in [0.3, 0.4) is 0 Å². The number of thiol groups is 1.